The van der Waals surface area contributed by atoms with Crippen LogP contribution in [0.5, 0.6) is 0 Å². The highest BCUT2D eigenvalue weighted by Crippen LogP contribution is 2.38. The number of piperidine rings is 1. The molecule has 12 nitrogen and oxygen atoms in total. The zero-order valence-corrected chi connectivity index (χ0v) is 19.7. The lowest BCUT2D eigenvalue weighted by Gasteiger charge is -2.45. The number of aromatic nitrogens is 5. The summed E-state index contributed by atoms with van der Waals surface area (Å²) in [7, 11) is 0. The molecule has 1 saturated heterocycles. The van der Waals surface area contributed by atoms with Gasteiger partial charge in [-0.1, -0.05) is 0 Å². The molecule has 2 amide bonds. The molecule has 2 aliphatic rings. The topological polar surface area (TPSA) is 172 Å². The summed E-state index contributed by atoms with van der Waals surface area (Å²) in [5, 5.41) is 19.4. The van der Waals surface area contributed by atoms with Crippen LogP contribution in [0.3, 0.4) is 0 Å². The van der Waals surface area contributed by atoms with E-state index in [2.05, 4.69) is 30.5 Å². The van der Waals surface area contributed by atoms with Gasteiger partial charge in [-0.15, -0.1) is 0 Å². The zero-order valence-electron chi connectivity index (χ0n) is 19.7. The molecule has 3 aromatic rings. The van der Waals surface area contributed by atoms with Gasteiger partial charge in [0.15, 0.2) is 23.1 Å². The second-order valence-electron chi connectivity index (χ2n) is 8.91. The minimum absolute atomic E-state index is 0. The van der Waals surface area contributed by atoms with Gasteiger partial charge in [-0.05, 0) is 31.9 Å². The van der Waals surface area contributed by atoms with Crippen LogP contribution in [0.25, 0.3) is 11.0 Å². The van der Waals surface area contributed by atoms with Crippen LogP contribution in [0.4, 0.5) is 35.3 Å². The number of nitrogens with one attached hydrogen (secondary N) is 2. The molecule has 15 heteroatoms. The Bertz CT molecular complexity index is 1330. The number of halogens is 3. The number of H-pyrrole nitrogens is 1. The maximum absolute atomic E-state index is 13.5. The van der Waals surface area contributed by atoms with Crippen molar-refractivity contribution in [2.45, 2.75) is 38.4 Å². The van der Waals surface area contributed by atoms with Gasteiger partial charge in [-0.2, -0.15) is 18.3 Å². The quantitative estimate of drug-likeness (QED) is 0.427. The number of aliphatic hydroxyl groups excluding tert-OH is 1. The van der Waals surface area contributed by atoms with Gasteiger partial charge in [0.1, 0.15) is 0 Å². The molecule has 0 unspecified atom stereocenters. The molecule has 2 bridgehead atoms. The molecule has 37 heavy (non-hydrogen) atoms. The van der Waals surface area contributed by atoms with Crippen LogP contribution in [-0.4, -0.2) is 79.5 Å². The van der Waals surface area contributed by atoms with Crippen molar-refractivity contribution in [3.8, 4) is 0 Å². The fraction of sp³-hybridized carbons (Fsp3) is 0.455. The summed E-state index contributed by atoms with van der Waals surface area (Å²) >= 11 is 0. The van der Waals surface area contributed by atoms with E-state index in [1.807, 2.05) is 11.8 Å². The zero-order chi connectivity index (χ0) is 25.6. The summed E-state index contributed by atoms with van der Waals surface area (Å²) < 4.78 is 39.2. The van der Waals surface area contributed by atoms with Gasteiger partial charge in [0.05, 0.1) is 35.8 Å². The number of ketones is 1. The van der Waals surface area contributed by atoms with Gasteiger partial charge in [0.25, 0.3) is 0 Å². The van der Waals surface area contributed by atoms with Crippen molar-refractivity contribution in [2.75, 3.05) is 34.8 Å². The van der Waals surface area contributed by atoms with Crippen molar-refractivity contribution in [3.63, 3.8) is 0 Å². The number of amides is 2. The lowest BCUT2D eigenvalue weighted by Crippen LogP contribution is -2.56. The Morgan fingerprint density at radius 2 is 2.08 bits per heavy atom. The van der Waals surface area contributed by atoms with Gasteiger partial charge >= 0.3 is 12.2 Å². The summed E-state index contributed by atoms with van der Waals surface area (Å²) in [6, 6.07) is 2.75. The number of urea groups is 1. The van der Waals surface area contributed by atoms with E-state index in [4.69, 9.17) is 5.11 Å². The Hall–Kier alpha value is -3.85. The molecule has 2 aliphatic heterocycles. The number of hydrogen-bond acceptors (Lipinski definition) is 8. The highest BCUT2D eigenvalue weighted by atomic mass is 19.4. The molecule has 0 aromatic carbocycles. The number of carbonyl (C=O) groups is 2. The van der Waals surface area contributed by atoms with E-state index in [1.54, 1.807) is 12.1 Å². The van der Waals surface area contributed by atoms with E-state index in [0.717, 1.165) is 12.1 Å². The summed E-state index contributed by atoms with van der Waals surface area (Å²) in [5.41, 5.74) is 1.79. The summed E-state index contributed by atoms with van der Waals surface area (Å²) in [4.78, 5) is 42.1. The van der Waals surface area contributed by atoms with E-state index in [0.29, 0.717) is 36.2 Å². The highest BCUT2D eigenvalue weighted by Gasteiger charge is 2.42. The monoisotopic (exact) mass is 522 g/mol. The van der Waals surface area contributed by atoms with Gasteiger partial charge < -0.3 is 15.5 Å². The van der Waals surface area contributed by atoms with Crippen molar-refractivity contribution >= 4 is 40.2 Å². The molecule has 3 aromatic heterocycles. The number of aliphatic hydroxyl groups is 1. The second-order valence-corrected chi connectivity index (χ2v) is 8.91. The minimum Gasteiger partial charge on any atom is -0.412 e. The van der Waals surface area contributed by atoms with Crippen LogP contribution < -0.4 is 15.1 Å². The fourth-order valence-corrected chi connectivity index (χ4v) is 4.58. The van der Waals surface area contributed by atoms with Gasteiger partial charge in [-0.3, -0.25) is 20.1 Å². The number of hydrogen-bond donors (Lipinski definition) is 3. The Morgan fingerprint density at radius 1 is 1.30 bits per heavy atom. The number of Topliss-reactive ketones (excluding diaryl/α,β-unsaturated/α-hetero) is 1. The second kappa shape index (κ2) is 9.89. The van der Waals surface area contributed by atoms with Gasteiger partial charge in [0.2, 0.25) is 5.78 Å². The van der Waals surface area contributed by atoms with Crippen molar-refractivity contribution in [1.29, 1.82) is 0 Å². The van der Waals surface area contributed by atoms with Crippen molar-refractivity contribution in [2.24, 2.45) is 5.92 Å². The highest BCUT2D eigenvalue weighted by molar-refractivity contribution is 6.07. The van der Waals surface area contributed by atoms with E-state index in [1.165, 1.54) is 11.1 Å². The third-order valence-corrected chi connectivity index (χ3v) is 6.45. The van der Waals surface area contributed by atoms with Crippen LogP contribution in [0.15, 0.2) is 18.3 Å². The first-order valence-electron chi connectivity index (χ1n) is 11.4. The number of rotatable bonds is 5. The van der Waals surface area contributed by atoms with E-state index in [-0.39, 0.29) is 23.2 Å². The van der Waals surface area contributed by atoms with E-state index >= 15 is 0 Å². The first kappa shape index (κ1) is 26.2. The molecule has 1 fully saturated rings. The number of anilines is 3. The molecular weight excluding hydrogens is 497 g/mol. The lowest BCUT2D eigenvalue weighted by atomic mass is 10.00. The summed E-state index contributed by atoms with van der Waals surface area (Å²) in [6.07, 6.45) is -2.89. The van der Waals surface area contributed by atoms with Crippen LogP contribution in [0.1, 0.15) is 35.6 Å². The molecule has 198 valence electrons. The Balaban J connectivity index is 0.00000320. The molecule has 2 atom stereocenters. The van der Waals surface area contributed by atoms with Gasteiger partial charge in [0, 0.05) is 25.2 Å². The lowest BCUT2D eigenvalue weighted by molar-refractivity contribution is -0.182. The van der Waals surface area contributed by atoms with Crippen LogP contribution in [-0.2, 0) is 0 Å². The number of nitrogens with zero attached hydrogens (tertiary/aromatic N) is 6. The molecule has 5 N–H and O–H groups in total. The van der Waals surface area contributed by atoms with Crippen LogP contribution in [0, 0.1) is 12.8 Å². The van der Waals surface area contributed by atoms with Crippen LogP contribution in [0.2, 0.25) is 0 Å². The first-order chi connectivity index (χ1) is 17.2. The fourth-order valence-electron chi connectivity index (χ4n) is 4.58. The van der Waals surface area contributed by atoms with Crippen molar-refractivity contribution in [1.82, 2.24) is 25.1 Å². The molecule has 0 spiro atoms. The smallest absolute Gasteiger partial charge is 0.394 e. The Labute approximate surface area is 208 Å². The molecule has 5 rings (SSSR count). The predicted molar refractivity (Wildman–Crippen MR) is 127 cm³/mol. The average molecular weight is 522 g/mol. The number of fused-ring (bicyclic) bond motifs is 5. The number of pyridine rings is 1. The average Bonchev–Trinajstić information content (AvgIpc) is 3.23. The van der Waals surface area contributed by atoms with E-state index in [9.17, 15) is 22.8 Å². The summed E-state index contributed by atoms with van der Waals surface area (Å²) in [6.45, 7) is 1.83. The SMILES string of the molecule is Cc1ccc2c(NC(=O)N3c4nc(C(=O)C[C@@H](CO)C(F)(F)F)ncc4N4CCC[C@H]3C4)n[nH]c2n1.O. The molecule has 0 saturated carbocycles. The van der Waals surface area contributed by atoms with Gasteiger partial charge in [-0.25, -0.2) is 19.7 Å². The van der Waals surface area contributed by atoms with Crippen molar-refractivity contribution < 1.29 is 33.3 Å². The molecular formula is C22H25F3N8O4. The largest absolute Gasteiger partial charge is 0.412 e. The first-order valence-corrected chi connectivity index (χ1v) is 11.4. The minimum atomic E-state index is -4.74. The van der Waals surface area contributed by atoms with Crippen molar-refractivity contribution in [3.05, 3.63) is 29.8 Å². The predicted octanol–water partition coefficient (Wildman–Crippen LogP) is 2.00. The molecule has 5 heterocycles. The standard InChI is InChI=1S/C22H23F3N8O3.H2O/c1-11-4-5-14-17(27-11)30-31-18(14)29-21(36)33-13-3-2-6-32(9-13)15-8-26-19(28-20(15)33)16(35)7-12(10-34)22(23,24)25;/h4-5,8,12-13,34H,2-3,6-7,9-10H2,1H3,(H2,27,29,30,31,36);1H2/t12-,13-;/m0./s1. The van der Waals surface area contributed by atoms with E-state index < -0.39 is 42.8 Å². The normalized spacial score (nSPS) is 17.7. The third kappa shape index (κ3) is 4.91. The number of carbonyl (C=O) groups excluding carboxylic acids is 2. The Kier molecular flexibility index (Phi) is 7.01. The number of alkyl halides is 3. The molecule has 0 radical (unpaired) electrons. The third-order valence-electron chi connectivity index (χ3n) is 6.45. The molecule has 0 aliphatic carbocycles. The number of aromatic amines is 1. The Morgan fingerprint density at radius 3 is 2.81 bits per heavy atom. The summed E-state index contributed by atoms with van der Waals surface area (Å²) in [5.74, 6) is -3.23. The number of aryl methyl sites for hydroxylation is 1. The maximum atomic E-state index is 13.5. The maximum Gasteiger partial charge on any atom is 0.394 e. The van der Waals surface area contributed by atoms with Crippen LogP contribution >= 0.6 is 0 Å².